The van der Waals surface area contributed by atoms with Gasteiger partial charge in [-0.15, -0.1) is 0 Å². The van der Waals surface area contributed by atoms with Crippen LogP contribution >= 0.6 is 0 Å². The lowest BCUT2D eigenvalue weighted by atomic mass is 10.2. The van der Waals surface area contributed by atoms with E-state index in [9.17, 15) is 13.2 Å². The molecular weight excluding hydrogens is 244 g/mol. The number of hydrogen-bond acceptors (Lipinski definition) is 4. The molecule has 1 rings (SSSR count). The van der Waals surface area contributed by atoms with Crippen molar-refractivity contribution >= 4 is 16.0 Å². The molecular formula is C10H14N2O4S. The highest BCUT2D eigenvalue weighted by molar-refractivity contribution is 7.89. The Morgan fingerprint density at radius 1 is 1.59 bits per heavy atom. The summed E-state index contributed by atoms with van der Waals surface area (Å²) >= 11 is 0. The van der Waals surface area contributed by atoms with E-state index in [2.05, 4.69) is 9.71 Å². The molecule has 0 amide bonds. The fourth-order valence-electron chi connectivity index (χ4n) is 1.25. The first kappa shape index (κ1) is 13.6. The first-order chi connectivity index (χ1) is 7.91. The van der Waals surface area contributed by atoms with Gasteiger partial charge in [0.05, 0.1) is 12.2 Å². The van der Waals surface area contributed by atoms with Crippen LogP contribution in [-0.2, 0) is 14.8 Å². The second-order valence-corrected chi connectivity index (χ2v) is 5.46. The van der Waals surface area contributed by atoms with Gasteiger partial charge in [-0.2, -0.15) is 0 Å². The van der Waals surface area contributed by atoms with Crippen LogP contribution in [0.4, 0.5) is 0 Å². The normalized spacial score (nSPS) is 13.2. The molecule has 94 valence electrons. The van der Waals surface area contributed by atoms with Crippen molar-refractivity contribution in [3.05, 3.63) is 30.1 Å². The van der Waals surface area contributed by atoms with Gasteiger partial charge in [0.1, 0.15) is 0 Å². The molecule has 0 aliphatic carbocycles. The minimum absolute atomic E-state index is 0.408. The Labute approximate surface area is 99.7 Å². The van der Waals surface area contributed by atoms with E-state index in [0.29, 0.717) is 0 Å². The molecule has 0 aromatic carbocycles. The summed E-state index contributed by atoms with van der Waals surface area (Å²) in [5.41, 5.74) is 0.728. The predicted molar refractivity (Wildman–Crippen MR) is 61.8 cm³/mol. The van der Waals surface area contributed by atoms with E-state index in [4.69, 9.17) is 5.11 Å². The number of carboxylic acids is 1. The summed E-state index contributed by atoms with van der Waals surface area (Å²) in [6.07, 6.45) is 2.74. The van der Waals surface area contributed by atoms with Crippen molar-refractivity contribution in [1.29, 1.82) is 0 Å². The zero-order valence-electron chi connectivity index (χ0n) is 9.33. The second-order valence-electron chi connectivity index (χ2n) is 3.59. The molecule has 0 fully saturated rings. The van der Waals surface area contributed by atoms with Gasteiger partial charge in [0.2, 0.25) is 10.0 Å². The van der Waals surface area contributed by atoms with Crippen LogP contribution in [0.1, 0.15) is 24.9 Å². The molecule has 0 unspecified atom stereocenters. The molecule has 0 saturated heterocycles. The van der Waals surface area contributed by atoms with Crippen molar-refractivity contribution in [3.8, 4) is 0 Å². The van der Waals surface area contributed by atoms with Gasteiger partial charge in [-0.25, -0.2) is 13.1 Å². The molecule has 1 aromatic rings. The SMILES string of the molecule is C[C@@H](NS(=O)(=O)CCC(=O)O)c1cccnc1. The number of carboxylic acid groups (broad SMARTS) is 1. The highest BCUT2D eigenvalue weighted by Gasteiger charge is 2.17. The van der Waals surface area contributed by atoms with Crippen molar-refractivity contribution in [2.45, 2.75) is 19.4 Å². The topological polar surface area (TPSA) is 96.4 Å². The fourth-order valence-corrected chi connectivity index (χ4v) is 2.49. The monoisotopic (exact) mass is 258 g/mol. The Morgan fingerprint density at radius 3 is 2.82 bits per heavy atom. The van der Waals surface area contributed by atoms with Crippen LogP contribution in [0, 0.1) is 0 Å². The number of rotatable bonds is 6. The van der Waals surface area contributed by atoms with Crippen molar-refractivity contribution < 1.29 is 18.3 Å². The molecule has 0 aliphatic rings. The molecule has 2 N–H and O–H groups in total. The average molecular weight is 258 g/mol. The Kier molecular flexibility index (Phi) is 4.59. The minimum Gasteiger partial charge on any atom is -0.481 e. The van der Waals surface area contributed by atoms with E-state index in [1.54, 1.807) is 31.5 Å². The largest absolute Gasteiger partial charge is 0.481 e. The second kappa shape index (κ2) is 5.74. The lowest BCUT2D eigenvalue weighted by Crippen LogP contribution is -2.30. The first-order valence-electron chi connectivity index (χ1n) is 5.02. The van der Waals surface area contributed by atoms with Crippen molar-refractivity contribution in [2.24, 2.45) is 0 Å². The summed E-state index contributed by atoms with van der Waals surface area (Å²) in [6.45, 7) is 1.68. The van der Waals surface area contributed by atoms with E-state index in [-0.39, 0.29) is 0 Å². The van der Waals surface area contributed by atoms with Crippen LogP contribution in [0.15, 0.2) is 24.5 Å². The summed E-state index contributed by atoms with van der Waals surface area (Å²) < 4.78 is 25.4. The summed E-state index contributed by atoms with van der Waals surface area (Å²) in [7, 11) is -3.58. The maximum absolute atomic E-state index is 11.5. The number of sulfonamides is 1. The van der Waals surface area contributed by atoms with E-state index in [1.165, 1.54) is 0 Å². The third-order valence-electron chi connectivity index (χ3n) is 2.13. The van der Waals surface area contributed by atoms with Crippen molar-refractivity contribution in [1.82, 2.24) is 9.71 Å². The quantitative estimate of drug-likeness (QED) is 0.776. The van der Waals surface area contributed by atoms with E-state index < -0.39 is 34.2 Å². The van der Waals surface area contributed by atoms with E-state index in [0.717, 1.165) is 5.56 Å². The maximum atomic E-state index is 11.5. The van der Waals surface area contributed by atoms with Crippen molar-refractivity contribution in [3.63, 3.8) is 0 Å². The van der Waals surface area contributed by atoms with E-state index >= 15 is 0 Å². The summed E-state index contributed by atoms with van der Waals surface area (Å²) in [5.74, 6) is -1.56. The van der Waals surface area contributed by atoms with Crippen LogP contribution in [0.2, 0.25) is 0 Å². The zero-order chi connectivity index (χ0) is 12.9. The van der Waals surface area contributed by atoms with Gasteiger partial charge in [-0.05, 0) is 18.6 Å². The predicted octanol–water partition coefficient (Wildman–Crippen LogP) is 0.537. The number of nitrogens with zero attached hydrogens (tertiary/aromatic N) is 1. The highest BCUT2D eigenvalue weighted by Crippen LogP contribution is 2.11. The summed E-state index contributed by atoms with van der Waals surface area (Å²) in [4.78, 5) is 14.2. The van der Waals surface area contributed by atoms with Gasteiger partial charge in [-0.3, -0.25) is 9.78 Å². The Balaban J connectivity index is 2.62. The van der Waals surface area contributed by atoms with Crippen LogP contribution in [-0.4, -0.2) is 30.2 Å². The lowest BCUT2D eigenvalue weighted by Gasteiger charge is -2.13. The van der Waals surface area contributed by atoms with Crippen molar-refractivity contribution in [2.75, 3.05) is 5.75 Å². The number of aromatic nitrogens is 1. The molecule has 0 aliphatic heterocycles. The molecule has 0 saturated carbocycles. The Morgan fingerprint density at radius 2 is 2.29 bits per heavy atom. The fraction of sp³-hybridized carbons (Fsp3) is 0.400. The molecule has 0 bridgehead atoms. The zero-order valence-corrected chi connectivity index (χ0v) is 10.1. The number of carbonyl (C=O) groups is 1. The van der Waals surface area contributed by atoms with Crippen LogP contribution < -0.4 is 4.72 Å². The van der Waals surface area contributed by atoms with Gasteiger partial charge in [0.25, 0.3) is 0 Å². The number of nitrogens with one attached hydrogen (secondary N) is 1. The molecule has 7 heteroatoms. The first-order valence-corrected chi connectivity index (χ1v) is 6.67. The Bertz CT molecular complexity index is 472. The smallest absolute Gasteiger partial charge is 0.304 e. The minimum atomic E-state index is -3.58. The molecule has 1 heterocycles. The van der Waals surface area contributed by atoms with Gasteiger partial charge in [0, 0.05) is 18.4 Å². The highest BCUT2D eigenvalue weighted by atomic mass is 32.2. The van der Waals surface area contributed by atoms with E-state index in [1.807, 2.05) is 0 Å². The summed E-state index contributed by atoms with van der Waals surface area (Å²) in [6, 6.07) is 3.02. The molecule has 0 radical (unpaired) electrons. The summed E-state index contributed by atoms with van der Waals surface area (Å²) in [5, 5.41) is 8.43. The molecule has 0 spiro atoms. The van der Waals surface area contributed by atoms with Gasteiger partial charge < -0.3 is 5.11 Å². The maximum Gasteiger partial charge on any atom is 0.304 e. The third-order valence-corrected chi connectivity index (χ3v) is 3.58. The molecule has 17 heavy (non-hydrogen) atoms. The molecule has 6 nitrogen and oxygen atoms in total. The van der Waals surface area contributed by atoms with Gasteiger partial charge in [-0.1, -0.05) is 6.07 Å². The number of hydrogen-bond donors (Lipinski definition) is 2. The van der Waals surface area contributed by atoms with Crippen LogP contribution in [0.3, 0.4) is 0 Å². The van der Waals surface area contributed by atoms with Crippen LogP contribution in [0.5, 0.6) is 0 Å². The lowest BCUT2D eigenvalue weighted by molar-refractivity contribution is -0.136. The standard InChI is InChI=1S/C10H14N2O4S/c1-8(9-3-2-5-11-7-9)12-17(15,16)6-4-10(13)14/h2-3,5,7-8,12H,4,6H2,1H3,(H,13,14)/t8-/m1/s1. The Hall–Kier alpha value is -1.47. The number of aliphatic carboxylic acids is 1. The number of pyridine rings is 1. The van der Waals surface area contributed by atoms with Gasteiger partial charge >= 0.3 is 5.97 Å². The average Bonchev–Trinajstić information content (AvgIpc) is 2.27. The molecule has 1 atom stereocenters. The molecule has 1 aromatic heterocycles. The van der Waals surface area contributed by atoms with Gasteiger partial charge in [0.15, 0.2) is 0 Å². The van der Waals surface area contributed by atoms with Crippen LogP contribution in [0.25, 0.3) is 0 Å². The third kappa shape index (κ3) is 4.92.